The van der Waals surface area contributed by atoms with Crippen LogP contribution in [-0.4, -0.2) is 19.7 Å². The molecule has 0 aliphatic heterocycles. The molecular formula is C13H18BrNO3. The molecule has 1 aromatic carbocycles. The molecular weight excluding hydrogens is 298 g/mol. The lowest BCUT2D eigenvalue weighted by atomic mass is 10.0. The molecule has 1 aromatic rings. The minimum atomic E-state index is -0.248. The van der Waals surface area contributed by atoms with Gasteiger partial charge in [-0.1, -0.05) is 15.9 Å². The van der Waals surface area contributed by atoms with Crippen molar-refractivity contribution in [3.8, 4) is 5.75 Å². The first-order valence-electron chi connectivity index (χ1n) is 5.83. The highest BCUT2D eigenvalue weighted by atomic mass is 79.9. The number of hydrogen-bond donors (Lipinski definition) is 1. The summed E-state index contributed by atoms with van der Waals surface area (Å²) in [5.74, 6) is 0.511. The fourth-order valence-corrected chi connectivity index (χ4v) is 2.04. The lowest BCUT2D eigenvalue weighted by Gasteiger charge is -2.15. The van der Waals surface area contributed by atoms with Crippen molar-refractivity contribution in [1.29, 1.82) is 0 Å². The Morgan fingerprint density at radius 2 is 2.22 bits per heavy atom. The number of carbonyl (C=O) groups is 1. The summed E-state index contributed by atoms with van der Waals surface area (Å²) >= 11 is 3.40. The molecule has 0 radical (unpaired) electrons. The van der Waals surface area contributed by atoms with E-state index in [0.717, 1.165) is 15.8 Å². The Labute approximate surface area is 116 Å². The number of benzene rings is 1. The first kappa shape index (κ1) is 15.0. The Morgan fingerprint density at radius 1 is 1.50 bits per heavy atom. The van der Waals surface area contributed by atoms with Gasteiger partial charge in [-0.05, 0) is 31.5 Å². The normalized spacial score (nSPS) is 12.0. The van der Waals surface area contributed by atoms with Crippen molar-refractivity contribution in [2.75, 3.05) is 13.7 Å². The number of esters is 1. The van der Waals surface area contributed by atoms with Gasteiger partial charge >= 0.3 is 5.97 Å². The minimum absolute atomic E-state index is 0.220. The molecule has 0 aliphatic rings. The zero-order valence-electron chi connectivity index (χ0n) is 10.6. The van der Waals surface area contributed by atoms with Crippen molar-refractivity contribution < 1.29 is 14.3 Å². The third-order valence-corrected chi connectivity index (χ3v) is 3.05. The molecule has 0 aliphatic carbocycles. The maximum Gasteiger partial charge on any atom is 0.305 e. The lowest BCUT2D eigenvalue weighted by Crippen LogP contribution is -2.14. The molecule has 2 N–H and O–H groups in total. The Hall–Kier alpha value is -1.07. The van der Waals surface area contributed by atoms with Gasteiger partial charge < -0.3 is 15.2 Å². The number of halogens is 1. The molecule has 0 heterocycles. The molecule has 100 valence electrons. The van der Waals surface area contributed by atoms with Crippen molar-refractivity contribution in [2.24, 2.45) is 5.73 Å². The lowest BCUT2D eigenvalue weighted by molar-refractivity contribution is -0.143. The average molecular weight is 316 g/mol. The van der Waals surface area contributed by atoms with Gasteiger partial charge in [-0.15, -0.1) is 0 Å². The van der Waals surface area contributed by atoms with Crippen LogP contribution >= 0.6 is 15.9 Å². The highest BCUT2D eigenvalue weighted by Crippen LogP contribution is 2.29. The van der Waals surface area contributed by atoms with E-state index in [4.69, 9.17) is 15.2 Å². The van der Waals surface area contributed by atoms with Gasteiger partial charge in [0.25, 0.3) is 0 Å². The van der Waals surface area contributed by atoms with Crippen LogP contribution < -0.4 is 10.5 Å². The quantitative estimate of drug-likeness (QED) is 0.820. The number of ether oxygens (including phenoxy) is 2. The maximum absolute atomic E-state index is 11.3. The van der Waals surface area contributed by atoms with E-state index in [9.17, 15) is 4.79 Å². The monoisotopic (exact) mass is 315 g/mol. The van der Waals surface area contributed by atoms with Crippen LogP contribution in [0.5, 0.6) is 5.75 Å². The fraction of sp³-hybridized carbons (Fsp3) is 0.462. The fourth-order valence-electron chi connectivity index (χ4n) is 1.66. The summed E-state index contributed by atoms with van der Waals surface area (Å²) in [4.78, 5) is 11.3. The predicted octanol–water partition coefficient (Wildman–Crippen LogP) is 2.80. The topological polar surface area (TPSA) is 61.5 Å². The van der Waals surface area contributed by atoms with E-state index in [1.54, 1.807) is 14.0 Å². The summed E-state index contributed by atoms with van der Waals surface area (Å²) in [6.07, 6.45) is 0.844. The molecule has 0 spiro atoms. The first-order valence-corrected chi connectivity index (χ1v) is 6.62. The van der Waals surface area contributed by atoms with Crippen LogP contribution in [0.4, 0.5) is 0 Å². The van der Waals surface area contributed by atoms with E-state index >= 15 is 0 Å². The Balaban J connectivity index is 2.68. The minimum Gasteiger partial charge on any atom is -0.496 e. The van der Waals surface area contributed by atoms with Gasteiger partial charge in [-0.3, -0.25) is 4.79 Å². The SMILES string of the molecule is CCOC(=O)CCC(N)c1cc(Br)ccc1OC. The Kier molecular flexibility index (Phi) is 6.15. The predicted molar refractivity (Wildman–Crippen MR) is 73.5 cm³/mol. The highest BCUT2D eigenvalue weighted by molar-refractivity contribution is 9.10. The molecule has 0 saturated carbocycles. The number of hydrogen-bond acceptors (Lipinski definition) is 4. The summed E-state index contributed by atoms with van der Waals surface area (Å²) < 4.78 is 11.1. The summed E-state index contributed by atoms with van der Waals surface area (Å²) in [5, 5.41) is 0. The molecule has 5 heteroatoms. The smallest absolute Gasteiger partial charge is 0.305 e. The van der Waals surface area contributed by atoms with Gasteiger partial charge in [0.05, 0.1) is 13.7 Å². The van der Waals surface area contributed by atoms with Crippen molar-refractivity contribution in [1.82, 2.24) is 0 Å². The van der Waals surface area contributed by atoms with E-state index in [1.807, 2.05) is 18.2 Å². The maximum atomic E-state index is 11.3. The standard InChI is InChI=1S/C13H18BrNO3/c1-3-18-13(16)7-5-11(15)10-8-9(14)4-6-12(10)17-2/h4,6,8,11H,3,5,7,15H2,1-2H3. The summed E-state index contributed by atoms with van der Waals surface area (Å²) in [5.41, 5.74) is 6.96. The molecule has 1 atom stereocenters. The molecule has 0 bridgehead atoms. The summed E-state index contributed by atoms with van der Waals surface area (Å²) in [6, 6.07) is 5.40. The van der Waals surface area contributed by atoms with Crippen LogP contribution in [0, 0.1) is 0 Å². The van der Waals surface area contributed by atoms with Crippen LogP contribution in [0.25, 0.3) is 0 Å². The number of carbonyl (C=O) groups excluding carboxylic acids is 1. The molecule has 0 aromatic heterocycles. The van der Waals surface area contributed by atoms with Crippen LogP contribution in [0.2, 0.25) is 0 Å². The largest absolute Gasteiger partial charge is 0.496 e. The molecule has 0 fully saturated rings. The van der Waals surface area contributed by atoms with E-state index in [0.29, 0.717) is 19.4 Å². The van der Waals surface area contributed by atoms with E-state index in [-0.39, 0.29) is 12.0 Å². The van der Waals surface area contributed by atoms with Crippen molar-refractivity contribution in [2.45, 2.75) is 25.8 Å². The third kappa shape index (κ3) is 4.31. The van der Waals surface area contributed by atoms with Crippen molar-refractivity contribution in [3.63, 3.8) is 0 Å². The zero-order valence-corrected chi connectivity index (χ0v) is 12.2. The van der Waals surface area contributed by atoms with Gasteiger partial charge in [0.2, 0.25) is 0 Å². The van der Waals surface area contributed by atoms with Gasteiger partial charge in [0, 0.05) is 22.5 Å². The molecule has 18 heavy (non-hydrogen) atoms. The molecule has 1 rings (SSSR count). The molecule has 1 unspecified atom stereocenters. The second-order valence-electron chi connectivity index (χ2n) is 3.84. The Morgan fingerprint density at radius 3 is 2.83 bits per heavy atom. The summed E-state index contributed by atoms with van der Waals surface area (Å²) in [7, 11) is 1.60. The highest BCUT2D eigenvalue weighted by Gasteiger charge is 2.14. The number of nitrogens with two attached hydrogens (primary N) is 1. The van der Waals surface area contributed by atoms with E-state index in [2.05, 4.69) is 15.9 Å². The van der Waals surface area contributed by atoms with Gasteiger partial charge in [-0.2, -0.15) is 0 Å². The zero-order chi connectivity index (χ0) is 13.5. The third-order valence-electron chi connectivity index (χ3n) is 2.56. The van der Waals surface area contributed by atoms with Crippen LogP contribution in [0.1, 0.15) is 31.4 Å². The van der Waals surface area contributed by atoms with Crippen molar-refractivity contribution >= 4 is 21.9 Å². The second-order valence-corrected chi connectivity index (χ2v) is 4.75. The van der Waals surface area contributed by atoms with Gasteiger partial charge in [0.15, 0.2) is 0 Å². The summed E-state index contributed by atoms with van der Waals surface area (Å²) in [6.45, 7) is 2.18. The Bertz CT molecular complexity index is 409. The van der Waals surface area contributed by atoms with Gasteiger partial charge in [-0.25, -0.2) is 0 Å². The van der Waals surface area contributed by atoms with Crippen molar-refractivity contribution in [3.05, 3.63) is 28.2 Å². The average Bonchev–Trinajstić information content (AvgIpc) is 2.36. The second kappa shape index (κ2) is 7.38. The number of rotatable bonds is 6. The molecule has 4 nitrogen and oxygen atoms in total. The molecule has 0 saturated heterocycles. The molecule has 0 amide bonds. The van der Waals surface area contributed by atoms with Crippen LogP contribution in [-0.2, 0) is 9.53 Å². The van der Waals surface area contributed by atoms with Crippen LogP contribution in [0.3, 0.4) is 0 Å². The van der Waals surface area contributed by atoms with Crippen LogP contribution in [0.15, 0.2) is 22.7 Å². The van der Waals surface area contributed by atoms with Gasteiger partial charge in [0.1, 0.15) is 5.75 Å². The first-order chi connectivity index (χ1) is 8.58. The van der Waals surface area contributed by atoms with E-state index < -0.39 is 0 Å². The number of methoxy groups -OCH3 is 1. The van der Waals surface area contributed by atoms with E-state index in [1.165, 1.54) is 0 Å².